The maximum atomic E-state index is 13.5. The van der Waals surface area contributed by atoms with Crippen molar-refractivity contribution in [3.63, 3.8) is 0 Å². The largest absolute Gasteiger partial charge is 0.435 e. The number of nitrogens with zero attached hydrogens (tertiary/aromatic N) is 4. The van der Waals surface area contributed by atoms with E-state index in [0.717, 1.165) is 10.9 Å². The average molecular weight is 563 g/mol. The van der Waals surface area contributed by atoms with Crippen molar-refractivity contribution >= 4 is 44.1 Å². The van der Waals surface area contributed by atoms with E-state index in [-0.39, 0.29) is 41.5 Å². The van der Waals surface area contributed by atoms with E-state index < -0.39 is 45.3 Å². The molecule has 2 amide bonds. The van der Waals surface area contributed by atoms with Gasteiger partial charge in [0.1, 0.15) is 5.69 Å². The summed E-state index contributed by atoms with van der Waals surface area (Å²) in [5.41, 5.74) is 4.70. The molecule has 1 aliphatic heterocycles. The molecule has 11 nitrogen and oxygen atoms in total. The van der Waals surface area contributed by atoms with E-state index in [4.69, 9.17) is 10.3 Å². The first-order valence-electron chi connectivity index (χ1n) is 11.6. The Morgan fingerprint density at radius 1 is 1.18 bits per heavy atom. The van der Waals surface area contributed by atoms with Gasteiger partial charge in [-0.1, -0.05) is 17.3 Å². The highest BCUT2D eigenvalue weighted by Crippen LogP contribution is 2.32. The third-order valence-corrected chi connectivity index (χ3v) is 7.42. The first kappa shape index (κ1) is 26.2. The highest BCUT2D eigenvalue weighted by Gasteiger charge is 2.37. The molecule has 1 saturated heterocycles. The van der Waals surface area contributed by atoms with Crippen LogP contribution in [0.4, 0.5) is 24.7 Å². The molecule has 3 N–H and O–H groups in total. The van der Waals surface area contributed by atoms with Gasteiger partial charge in [0, 0.05) is 31.3 Å². The summed E-state index contributed by atoms with van der Waals surface area (Å²) in [7, 11) is -3.61. The van der Waals surface area contributed by atoms with Gasteiger partial charge in [-0.25, -0.2) is 13.1 Å². The topological polar surface area (TPSA) is 153 Å². The predicted molar refractivity (Wildman–Crippen MR) is 133 cm³/mol. The summed E-state index contributed by atoms with van der Waals surface area (Å²) in [6.07, 6.45) is -3.74. The predicted octanol–water partition coefficient (Wildman–Crippen LogP) is 2.94. The van der Waals surface area contributed by atoms with Crippen LogP contribution in [0.5, 0.6) is 0 Å². The molecule has 5 rings (SSSR count). The van der Waals surface area contributed by atoms with Crippen molar-refractivity contribution in [1.82, 2.24) is 20.3 Å². The molecule has 3 heterocycles. The molecule has 1 aliphatic rings. The molecule has 0 spiro atoms. The number of carbonyl (C=O) groups is 2. The maximum absolute atomic E-state index is 13.5. The first-order valence-corrected chi connectivity index (χ1v) is 13.4. The number of hydrogen-bond acceptors (Lipinski definition) is 8. The Morgan fingerprint density at radius 2 is 1.92 bits per heavy atom. The van der Waals surface area contributed by atoms with Gasteiger partial charge < -0.3 is 20.5 Å². The second kappa shape index (κ2) is 9.41. The Balaban J connectivity index is 1.40. The normalized spacial score (nSPS) is 16.6. The fourth-order valence-corrected chi connectivity index (χ4v) is 5.30. The van der Waals surface area contributed by atoms with Gasteiger partial charge in [-0.05, 0) is 36.8 Å². The van der Waals surface area contributed by atoms with Crippen LogP contribution in [0.2, 0.25) is 0 Å². The molecule has 1 fully saturated rings. The molecule has 204 valence electrons. The molecule has 4 aromatic rings. The van der Waals surface area contributed by atoms with Crippen molar-refractivity contribution in [2.45, 2.75) is 30.0 Å². The van der Waals surface area contributed by atoms with Crippen molar-refractivity contribution in [2.24, 2.45) is 0 Å². The Labute approximate surface area is 219 Å². The monoisotopic (exact) mass is 562 g/mol. The minimum absolute atomic E-state index is 0.00477. The van der Waals surface area contributed by atoms with E-state index in [1.54, 1.807) is 12.1 Å². The summed E-state index contributed by atoms with van der Waals surface area (Å²) < 4.78 is 70.7. The quantitative estimate of drug-likeness (QED) is 0.377. The minimum Gasteiger partial charge on any atom is -0.380 e. The summed E-state index contributed by atoms with van der Waals surface area (Å²) in [6.45, 7) is 0.0901. The number of rotatable bonds is 5. The number of para-hydroxylation sites is 1. The van der Waals surface area contributed by atoms with E-state index in [9.17, 15) is 31.2 Å². The molecule has 15 heteroatoms. The van der Waals surface area contributed by atoms with E-state index in [1.165, 1.54) is 35.2 Å². The lowest BCUT2D eigenvalue weighted by atomic mass is 10.0. The molecule has 0 bridgehead atoms. The number of fused-ring (bicyclic) bond motifs is 1. The van der Waals surface area contributed by atoms with Crippen LogP contribution >= 0.6 is 0 Å². The highest BCUT2D eigenvalue weighted by atomic mass is 32.2. The number of carbonyl (C=O) groups excluding carboxylic acids is 2. The zero-order valence-corrected chi connectivity index (χ0v) is 21.1. The fourth-order valence-electron chi connectivity index (χ4n) is 4.42. The van der Waals surface area contributed by atoms with E-state index >= 15 is 0 Å². The number of amides is 2. The van der Waals surface area contributed by atoms with Crippen molar-refractivity contribution in [3.05, 3.63) is 59.9 Å². The Hall–Kier alpha value is -4.40. The molecule has 39 heavy (non-hydrogen) atoms. The van der Waals surface area contributed by atoms with E-state index in [2.05, 4.69) is 15.6 Å². The number of anilines is 2. The number of nitrogens with two attached hydrogens (primary N) is 1. The van der Waals surface area contributed by atoms with Crippen LogP contribution in [0.1, 0.15) is 29.0 Å². The molecule has 2 aromatic heterocycles. The first-order chi connectivity index (χ1) is 18.3. The number of halogens is 3. The summed E-state index contributed by atoms with van der Waals surface area (Å²) in [5, 5.41) is 10.1. The number of sulfone groups is 1. The molecular weight excluding hydrogens is 541 g/mol. The molecule has 2 aromatic carbocycles. The zero-order valence-electron chi connectivity index (χ0n) is 20.3. The van der Waals surface area contributed by atoms with Gasteiger partial charge in [0.2, 0.25) is 5.91 Å². The lowest BCUT2D eigenvalue weighted by Crippen LogP contribution is -2.48. The van der Waals surface area contributed by atoms with Crippen LogP contribution in [0.15, 0.2) is 57.9 Å². The Morgan fingerprint density at radius 3 is 2.62 bits per heavy atom. The summed E-state index contributed by atoms with van der Waals surface area (Å²) in [4.78, 5) is 27.4. The van der Waals surface area contributed by atoms with Gasteiger partial charge in [-0.15, -0.1) is 0 Å². The number of nitrogen functional groups attached to an aromatic ring is 1. The third-order valence-electron chi connectivity index (χ3n) is 6.27. The van der Waals surface area contributed by atoms with Crippen molar-refractivity contribution in [2.75, 3.05) is 23.4 Å². The summed E-state index contributed by atoms with van der Waals surface area (Å²) in [5.74, 6) is -1.30. The molecule has 1 unspecified atom stereocenters. The van der Waals surface area contributed by atoms with Gasteiger partial charge in [0.25, 0.3) is 5.91 Å². The van der Waals surface area contributed by atoms with Crippen LogP contribution < -0.4 is 16.0 Å². The standard InChI is InChI=1S/C24H21F3N6O5S/c1-39(36,37)19-5-3-2-4-16(19)32-9-8-13(10-21(32)34)29-23(35)17-12-20(24(25,26)27)30-33(17)14-6-7-18-15(11-14)22(28)31-38-18/h2-7,11-13H,8-10H2,1H3,(H2,28,31)(H,29,35). The molecule has 0 saturated carbocycles. The van der Waals surface area contributed by atoms with Gasteiger partial charge in [0.15, 0.2) is 26.9 Å². The number of nitrogens with one attached hydrogen (secondary N) is 1. The Bertz CT molecular complexity index is 1710. The zero-order chi connectivity index (χ0) is 28.1. The lowest BCUT2D eigenvalue weighted by molar-refractivity contribution is -0.141. The Kier molecular flexibility index (Phi) is 6.33. The SMILES string of the molecule is CS(=O)(=O)c1ccccc1N1CCC(NC(=O)c2cc(C(F)(F)F)nn2-c2ccc3onc(N)c3c2)CC1=O. The molecule has 0 aliphatic carbocycles. The van der Waals surface area contributed by atoms with Gasteiger partial charge in [-0.2, -0.15) is 18.3 Å². The maximum Gasteiger partial charge on any atom is 0.435 e. The number of aromatic nitrogens is 3. The highest BCUT2D eigenvalue weighted by molar-refractivity contribution is 7.90. The number of alkyl halides is 3. The molecular formula is C24H21F3N6O5S. The van der Waals surface area contributed by atoms with Crippen LogP contribution in [0.3, 0.4) is 0 Å². The smallest absolute Gasteiger partial charge is 0.380 e. The van der Waals surface area contributed by atoms with Gasteiger partial charge in [-0.3, -0.25) is 9.59 Å². The van der Waals surface area contributed by atoms with Crippen LogP contribution in [0, 0.1) is 0 Å². The number of hydrogen-bond donors (Lipinski definition) is 2. The van der Waals surface area contributed by atoms with Crippen LogP contribution in [-0.4, -0.2) is 54.0 Å². The van der Waals surface area contributed by atoms with Crippen LogP contribution in [-0.2, 0) is 20.8 Å². The van der Waals surface area contributed by atoms with Crippen molar-refractivity contribution < 1.29 is 35.7 Å². The van der Waals surface area contributed by atoms with Crippen molar-refractivity contribution in [3.8, 4) is 5.69 Å². The van der Waals surface area contributed by atoms with Gasteiger partial charge >= 0.3 is 6.18 Å². The summed E-state index contributed by atoms with van der Waals surface area (Å²) in [6, 6.07) is 10.2. The minimum atomic E-state index is -4.82. The van der Waals surface area contributed by atoms with E-state index in [0.29, 0.717) is 17.0 Å². The second-order valence-electron chi connectivity index (χ2n) is 9.02. The average Bonchev–Trinajstić information content (AvgIpc) is 3.48. The van der Waals surface area contributed by atoms with Gasteiger partial charge in [0.05, 0.1) is 21.7 Å². The summed E-state index contributed by atoms with van der Waals surface area (Å²) >= 11 is 0. The number of piperidine rings is 1. The lowest BCUT2D eigenvalue weighted by Gasteiger charge is -2.33. The fraction of sp³-hybridized carbons (Fsp3) is 0.250. The third kappa shape index (κ3) is 5.04. The van der Waals surface area contributed by atoms with Crippen LogP contribution in [0.25, 0.3) is 16.7 Å². The van der Waals surface area contributed by atoms with Crippen molar-refractivity contribution in [1.29, 1.82) is 0 Å². The number of benzene rings is 2. The second-order valence-corrected chi connectivity index (χ2v) is 11.0. The molecule has 0 radical (unpaired) electrons. The molecule has 1 atom stereocenters. The van der Waals surface area contributed by atoms with E-state index in [1.807, 2.05) is 0 Å².